The van der Waals surface area contributed by atoms with Crippen molar-refractivity contribution in [3.8, 4) is 17.9 Å². The van der Waals surface area contributed by atoms with Gasteiger partial charge < -0.3 is 0 Å². The van der Waals surface area contributed by atoms with Crippen LogP contribution in [0.15, 0.2) is 18.5 Å². The molecule has 3 atom stereocenters. The molecule has 2 aliphatic rings. The topological polar surface area (TPSA) is 36.7 Å². The van der Waals surface area contributed by atoms with Gasteiger partial charge in [0.15, 0.2) is 0 Å². The van der Waals surface area contributed by atoms with E-state index in [-0.39, 0.29) is 5.41 Å². The van der Waals surface area contributed by atoms with Gasteiger partial charge in [0.1, 0.15) is 0 Å². The minimum Gasteiger partial charge on any atom is -0.263 e. The predicted molar refractivity (Wildman–Crippen MR) is 74.1 cm³/mol. The summed E-state index contributed by atoms with van der Waals surface area (Å²) in [5, 5.41) is 9.77. The summed E-state index contributed by atoms with van der Waals surface area (Å²) in [6.45, 7) is 1.83. The summed E-state index contributed by atoms with van der Waals surface area (Å²) in [5.41, 5.74) is 1.68. The van der Waals surface area contributed by atoms with E-state index >= 15 is 0 Å². The highest BCUT2D eigenvalue weighted by atomic mass is 14.6. The standard InChI is InChI=1S/C17H18N2/c1-2-3-15-7-16(11-19-10-15)17(12-18)8-13-4-5-14(6-13)9-17/h7,10-11,13-14H,4-6,8-9H2,1H3/t13-,14+,17?. The van der Waals surface area contributed by atoms with Gasteiger partial charge in [-0.3, -0.25) is 4.98 Å². The minimum absolute atomic E-state index is 0.317. The number of hydrogen-bond acceptors (Lipinski definition) is 2. The molecular formula is C17H18N2. The first-order valence-electron chi connectivity index (χ1n) is 7.05. The molecule has 1 aromatic heterocycles. The van der Waals surface area contributed by atoms with Crippen LogP contribution < -0.4 is 0 Å². The molecule has 0 amide bonds. The van der Waals surface area contributed by atoms with Crippen LogP contribution in [0.3, 0.4) is 0 Å². The molecule has 19 heavy (non-hydrogen) atoms. The van der Waals surface area contributed by atoms with Gasteiger partial charge in [-0.2, -0.15) is 5.26 Å². The Hall–Kier alpha value is -1.80. The van der Waals surface area contributed by atoms with Crippen LogP contribution >= 0.6 is 0 Å². The van der Waals surface area contributed by atoms with Gasteiger partial charge in [-0.25, -0.2) is 0 Å². The number of nitriles is 1. The maximum atomic E-state index is 9.77. The molecule has 2 bridgehead atoms. The summed E-state index contributed by atoms with van der Waals surface area (Å²) >= 11 is 0. The Bertz CT molecular complexity index is 573. The first-order chi connectivity index (χ1) is 9.25. The van der Waals surface area contributed by atoms with Gasteiger partial charge in [-0.05, 0) is 49.7 Å². The molecule has 1 aromatic rings. The Morgan fingerprint density at radius 2 is 2.00 bits per heavy atom. The lowest BCUT2D eigenvalue weighted by Crippen LogP contribution is -2.32. The van der Waals surface area contributed by atoms with E-state index in [1.165, 1.54) is 19.3 Å². The van der Waals surface area contributed by atoms with Crippen LogP contribution in [0.1, 0.15) is 50.2 Å². The highest BCUT2D eigenvalue weighted by Crippen LogP contribution is 2.51. The highest BCUT2D eigenvalue weighted by Gasteiger charge is 2.45. The van der Waals surface area contributed by atoms with E-state index in [1.807, 2.05) is 13.1 Å². The highest BCUT2D eigenvalue weighted by molar-refractivity contribution is 5.40. The quantitative estimate of drug-likeness (QED) is 0.716. The predicted octanol–water partition coefficient (Wildman–Crippen LogP) is 3.42. The Morgan fingerprint density at radius 1 is 1.26 bits per heavy atom. The first kappa shape index (κ1) is 12.2. The molecule has 3 rings (SSSR count). The molecule has 2 nitrogen and oxygen atoms in total. The molecule has 96 valence electrons. The zero-order chi connectivity index (χ0) is 13.3. The van der Waals surface area contributed by atoms with E-state index in [1.54, 1.807) is 6.20 Å². The van der Waals surface area contributed by atoms with E-state index in [9.17, 15) is 5.26 Å². The fourth-order valence-corrected chi connectivity index (χ4v) is 3.92. The van der Waals surface area contributed by atoms with E-state index in [0.29, 0.717) is 0 Å². The Labute approximate surface area is 114 Å². The number of pyridine rings is 1. The Morgan fingerprint density at radius 3 is 2.63 bits per heavy atom. The summed E-state index contributed by atoms with van der Waals surface area (Å²) in [7, 11) is 0. The number of rotatable bonds is 1. The van der Waals surface area contributed by atoms with E-state index in [0.717, 1.165) is 35.8 Å². The van der Waals surface area contributed by atoms with Gasteiger partial charge in [0.25, 0.3) is 0 Å². The fraction of sp³-hybridized carbons (Fsp3) is 0.529. The molecule has 1 unspecified atom stereocenters. The van der Waals surface area contributed by atoms with Gasteiger partial charge in [-0.15, -0.1) is 5.92 Å². The Balaban J connectivity index is 2.00. The number of nitrogens with zero attached hydrogens (tertiary/aromatic N) is 2. The lowest BCUT2D eigenvalue weighted by molar-refractivity contribution is 0.264. The molecule has 0 N–H and O–H groups in total. The first-order valence-corrected chi connectivity index (χ1v) is 7.05. The molecule has 0 aromatic carbocycles. The van der Waals surface area contributed by atoms with Crippen molar-refractivity contribution >= 4 is 0 Å². The number of fused-ring (bicyclic) bond motifs is 2. The lowest BCUT2D eigenvalue weighted by Gasteiger charge is -2.35. The third-order valence-corrected chi connectivity index (χ3v) is 4.70. The zero-order valence-electron chi connectivity index (χ0n) is 11.3. The van der Waals surface area contributed by atoms with Crippen LogP contribution in [0.2, 0.25) is 0 Å². The third kappa shape index (κ3) is 2.13. The Kier molecular flexibility index (Phi) is 3.03. The van der Waals surface area contributed by atoms with Gasteiger partial charge in [0.05, 0.1) is 11.5 Å². The second-order valence-corrected chi connectivity index (χ2v) is 5.98. The summed E-state index contributed by atoms with van der Waals surface area (Å²) in [4.78, 5) is 4.29. The van der Waals surface area contributed by atoms with Crippen LogP contribution in [0.25, 0.3) is 0 Å². The molecule has 2 aliphatic carbocycles. The van der Waals surface area contributed by atoms with Crippen LogP contribution in [-0.4, -0.2) is 4.98 Å². The molecule has 0 saturated heterocycles. The second-order valence-electron chi connectivity index (χ2n) is 5.98. The van der Waals surface area contributed by atoms with Gasteiger partial charge in [0.2, 0.25) is 0 Å². The summed E-state index contributed by atoms with van der Waals surface area (Å²) in [5.74, 6) is 7.42. The number of hydrogen-bond donors (Lipinski definition) is 0. The van der Waals surface area contributed by atoms with Crippen LogP contribution in [0.5, 0.6) is 0 Å². The monoisotopic (exact) mass is 250 g/mol. The average molecular weight is 250 g/mol. The maximum absolute atomic E-state index is 9.77. The molecule has 0 spiro atoms. The van der Waals surface area contributed by atoms with E-state index in [4.69, 9.17) is 0 Å². The van der Waals surface area contributed by atoms with E-state index in [2.05, 4.69) is 29.0 Å². The van der Waals surface area contributed by atoms with Crippen molar-refractivity contribution in [1.29, 1.82) is 5.26 Å². The van der Waals surface area contributed by atoms with Crippen molar-refractivity contribution in [2.24, 2.45) is 11.8 Å². The van der Waals surface area contributed by atoms with Crippen molar-refractivity contribution in [1.82, 2.24) is 4.98 Å². The summed E-state index contributed by atoms with van der Waals surface area (Å²) in [6, 6.07) is 4.68. The summed E-state index contributed by atoms with van der Waals surface area (Å²) in [6.07, 6.45) is 9.59. The van der Waals surface area contributed by atoms with Crippen molar-refractivity contribution in [3.63, 3.8) is 0 Å². The van der Waals surface area contributed by atoms with Gasteiger partial charge in [0, 0.05) is 18.0 Å². The number of aromatic nitrogens is 1. The molecular weight excluding hydrogens is 232 g/mol. The molecule has 2 saturated carbocycles. The van der Waals surface area contributed by atoms with Crippen LogP contribution in [-0.2, 0) is 5.41 Å². The van der Waals surface area contributed by atoms with Gasteiger partial charge in [-0.1, -0.05) is 18.8 Å². The fourth-order valence-electron chi connectivity index (χ4n) is 3.92. The lowest BCUT2D eigenvalue weighted by atomic mass is 9.66. The van der Waals surface area contributed by atoms with Crippen LogP contribution in [0.4, 0.5) is 0 Å². The third-order valence-electron chi connectivity index (χ3n) is 4.70. The summed E-state index contributed by atoms with van der Waals surface area (Å²) < 4.78 is 0. The maximum Gasteiger partial charge on any atom is 0.0842 e. The normalized spacial score (nSPS) is 32.2. The van der Waals surface area contributed by atoms with Gasteiger partial charge >= 0.3 is 0 Å². The zero-order valence-corrected chi connectivity index (χ0v) is 11.3. The molecule has 2 heteroatoms. The average Bonchev–Trinajstić information content (AvgIpc) is 2.79. The second kappa shape index (κ2) is 4.71. The van der Waals surface area contributed by atoms with Crippen molar-refractivity contribution in [2.45, 2.75) is 44.4 Å². The molecule has 2 fully saturated rings. The molecule has 1 heterocycles. The van der Waals surface area contributed by atoms with Crippen molar-refractivity contribution in [2.75, 3.05) is 0 Å². The smallest absolute Gasteiger partial charge is 0.0842 e. The van der Waals surface area contributed by atoms with Crippen LogP contribution in [0, 0.1) is 35.0 Å². The van der Waals surface area contributed by atoms with Crippen molar-refractivity contribution < 1.29 is 0 Å². The molecule has 0 aliphatic heterocycles. The largest absolute Gasteiger partial charge is 0.263 e. The van der Waals surface area contributed by atoms with Crippen molar-refractivity contribution in [3.05, 3.63) is 29.6 Å². The molecule has 0 radical (unpaired) electrons. The minimum atomic E-state index is -0.317. The van der Waals surface area contributed by atoms with E-state index < -0.39 is 0 Å². The SMILES string of the molecule is CC#Cc1cncc(C2(C#N)C[C@@H]3CC[C@@H](C3)C2)c1.